The molecule has 0 spiro atoms. The lowest BCUT2D eigenvalue weighted by atomic mass is 10.0. The summed E-state index contributed by atoms with van der Waals surface area (Å²) >= 11 is 0. The zero-order valence-electron chi connectivity index (χ0n) is 9.74. The Morgan fingerprint density at radius 1 is 1.19 bits per heavy atom. The summed E-state index contributed by atoms with van der Waals surface area (Å²) < 4.78 is 0. The van der Waals surface area contributed by atoms with Crippen molar-refractivity contribution in [2.45, 2.75) is 44.2 Å². The molecule has 1 aliphatic rings. The van der Waals surface area contributed by atoms with Crippen LogP contribution in [0.1, 0.15) is 32.1 Å². The molecule has 94 valence electrons. The highest BCUT2D eigenvalue weighted by Gasteiger charge is 2.19. The van der Waals surface area contributed by atoms with Gasteiger partial charge in [-0.2, -0.15) is 0 Å². The first kappa shape index (κ1) is 13.4. The third kappa shape index (κ3) is 5.44. The van der Waals surface area contributed by atoms with Gasteiger partial charge in [-0.1, -0.05) is 6.42 Å². The third-order valence-electron chi connectivity index (χ3n) is 3.02. The van der Waals surface area contributed by atoms with Gasteiger partial charge in [0.05, 0.1) is 0 Å². The van der Waals surface area contributed by atoms with Gasteiger partial charge in [0.25, 0.3) is 0 Å². The normalized spacial score (nSPS) is 25.6. The Labute approximate surface area is 96.8 Å². The molecule has 0 radical (unpaired) electrons. The van der Waals surface area contributed by atoms with E-state index in [2.05, 4.69) is 10.6 Å². The van der Waals surface area contributed by atoms with Crippen LogP contribution in [0, 0.1) is 0 Å². The zero-order chi connectivity index (χ0) is 11.8. The molecule has 0 aromatic rings. The number of carboxylic acid groups (broad SMARTS) is 1. The van der Waals surface area contributed by atoms with Gasteiger partial charge in [0, 0.05) is 31.6 Å². The summed E-state index contributed by atoms with van der Waals surface area (Å²) in [6, 6.07) is 0.828. The number of piperazine rings is 1. The Morgan fingerprint density at radius 3 is 2.31 bits per heavy atom. The molecule has 0 aromatic carbocycles. The predicted octanol–water partition coefficient (Wildman–Crippen LogP) is -0.0898. The van der Waals surface area contributed by atoms with Gasteiger partial charge < -0.3 is 21.5 Å². The lowest BCUT2D eigenvalue weighted by Gasteiger charge is -2.31. The van der Waals surface area contributed by atoms with E-state index in [1.807, 2.05) is 0 Å². The first-order chi connectivity index (χ1) is 7.72. The molecule has 0 unspecified atom stereocenters. The molecule has 2 atom stereocenters. The number of hydrogen-bond acceptors (Lipinski definition) is 4. The molecule has 0 aliphatic carbocycles. The van der Waals surface area contributed by atoms with Crippen LogP contribution in [0.2, 0.25) is 0 Å². The van der Waals surface area contributed by atoms with Gasteiger partial charge in [-0.3, -0.25) is 4.79 Å². The van der Waals surface area contributed by atoms with Gasteiger partial charge in [-0.25, -0.2) is 0 Å². The molecule has 1 rings (SSSR count). The number of nitrogens with two attached hydrogens (primary N) is 1. The van der Waals surface area contributed by atoms with E-state index in [4.69, 9.17) is 10.8 Å². The molecule has 16 heavy (non-hydrogen) atoms. The smallest absolute Gasteiger partial charge is 0.303 e. The first-order valence-corrected chi connectivity index (χ1v) is 6.11. The molecular weight excluding hydrogens is 206 g/mol. The molecule has 0 amide bonds. The van der Waals surface area contributed by atoms with Crippen LogP contribution in [0.4, 0.5) is 0 Å². The summed E-state index contributed by atoms with van der Waals surface area (Å²) in [5.74, 6) is -0.716. The van der Waals surface area contributed by atoms with Crippen LogP contribution in [-0.2, 0) is 4.79 Å². The SMILES string of the molecule is NCCCC[C@@H]1CN[C@@H](CCC(=O)O)CN1. The summed E-state index contributed by atoms with van der Waals surface area (Å²) in [6.07, 6.45) is 4.35. The number of carboxylic acids is 1. The van der Waals surface area contributed by atoms with Gasteiger partial charge in [-0.05, 0) is 25.8 Å². The van der Waals surface area contributed by atoms with Crippen LogP contribution in [0.25, 0.3) is 0 Å². The van der Waals surface area contributed by atoms with Crippen molar-refractivity contribution in [1.29, 1.82) is 0 Å². The standard InChI is InChI=1S/C11H23N3O2/c12-6-2-1-3-9-7-14-10(8-13-9)4-5-11(15)16/h9-10,13-14H,1-8,12H2,(H,15,16)/t9-,10+/m1/s1. The summed E-state index contributed by atoms with van der Waals surface area (Å²) in [5.41, 5.74) is 5.44. The molecule has 1 fully saturated rings. The van der Waals surface area contributed by atoms with Crippen molar-refractivity contribution in [1.82, 2.24) is 10.6 Å². The van der Waals surface area contributed by atoms with E-state index >= 15 is 0 Å². The molecular formula is C11H23N3O2. The number of nitrogens with one attached hydrogen (secondary N) is 2. The van der Waals surface area contributed by atoms with Gasteiger partial charge >= 0.3 is 5.97 Å². The second-order valence-electron chi connectivity index (χ2n) is 4.43. The maximum absolute atomic E-state index is 10.4. The number of aliphatic carboxylic acids is 1. The number of rotatable bonds is 7. The maximum Gasteiger partial charge on any atom is 0.303 e. The van der Waals surface area contributed by atoms with E-state index in [9.17, 15) is 4.79 Å². The van der Waals surface area contributed by atoms with Crippen molar-refractivity contribution in [3.8, 4) is 0 Å². The van der Waals surface area contributed by atoms with Crippen LogP contribution < -0.4 is 16.4 Å². The van der Waals surface area contributed by atoms with Crippen molar-refractivity contribution in [2.24, 2.45) is 5.73 Å². The van der Waals surface area contributed by atoms with Gasteiger partial charge in [0.2, 0.25) is 0 Å². The minimum Gasteiger partial charge on any atom is -0.481 e. The second-order valence-corrected chi connectivity index (χ2v) is 4.43. The van der Waals surface area contributed by atoms with Gasteiger partial charge in [0.15, 0.2) is 0 Å². The fraction of sp³-hybridized carbons (Fsp3) is 0.909. The number of carbonyl (C=O) groups is 1. The van der Waals surface area contributed by atoms with E-state index in [-0.39, 0.29) is 6.42 Å². The lowest BCUT2D eigenvalue weighted by Crippen LogP contribution is -2.54. The highest BCUT2D eigenvalue weighted by molar-refractivity contribution is 5.66. The monoisotopic (exact) mass is 229 g/mol. The van der Waals surface area contributed by atoms with Crippen molar-refractivity contribution >= 4 is 5.97 Å². The van der Waals surface area contributed by atoms with E-state index in [1.165, 1.54) is 0 Å². The molecule has 0 bridgehead atoms. The van der Waals surface area contributed by atoms with E-state index < -0.39 is 5.97 Å². The van der Waals surface area contributed by atoms with E-state index in [1.54, 1.807) is 0 Å². The molecule has 1 saturated heterocycles. The maximum atomic E-state index is 10.4. The minimum atomic E-state index is -0.716. The van der Waals surface area contributed by atoms with Crippen LogP contribution in [0.3, 0.4) is 0 Å². The number of unbranched alkanes of at least 4 members (excludes halogenated alkanes) is 1. The topological polar surface area (TPSA) is 87.4 Å². The van der Waals surface area contributed by atoms with Crippen molar-refractivity contribution in [2.75, 3.05) is 19.6 Å². The Balaban J connectivity index is 2.06. The first-order valence-electron chi connectivity index (χ1n) is 6.11. The van der Waals surface area contributed by atoms with Crippen molar-refractivity contribution < 1.29 is 9.90 Å². The summed E-state index contributed by atoms with van der Waals surface area (Å²) in [7, 11) is 0. The molecule has 1 heterocycles. The highest BCUT2D eigenvalue weighted by atomic mass is 16.4. The molecule has 5 heteroatoms. The molecule has 1 aliphatic heterocycles. The molecule has 0 aromatic heterocycles. The summed E-state index contributed by atoms with van der Waals surface area (Å²) in [5, 5.41) is 15.4. The van der Waals surface area contributed by atoms with Crippen molar-refractivity contribution in [3.63, 3.8) is 0 Å². The highest BCUT2D eigenvalue weighted by Crippen LogP contribution is 2.06. The zero-order valence-corrected chi connectivity index (χ0v) is 9.74. The van der Waals surface area contributed by atoms with Crippen LogP contribution in [0.15, 0.2) is 0 Å². The van der Waals surface area contributed by atoms with E-state index in [0.29, 0.717) is 18.5 Å². The Kier molecular flexibility index (Phi) is 6.37. The summed E-state index contributed by atoms with van der Waals surface area (Å²) in [6.45, 7) is 2.58. The lowest BCUT2D eigenvalue weighted by molar-refractivity contribution is -0.137. The van der Waals surface area contributed by atoms with E-state index in [0.717, 1.165) is 38.9 Å². The second kappa shape index (κ2) is 7.60. The quantitative estimate of drug-likeness (QED) is 0.458. The average molecular weight is 229 g/mol. The Morgan fingerprint density at radius 2 is 1.81 bits per heavy atom. The fourth-order valence-corrected chi connectivity index (χ4v) is 2.00. The van der Waals surface area contributed by atoms with Gasteiger partial charge in [-0.15, -0.1) is 0 Å². The predicted molar refractivity (Wildman–Crippen MR) is 63.4 cm³/mol. The minimum absolute atomic E-state index is 0.247. The Bertz CT molecular complexity index is 203. The number of hydrogen-bond donors (Lipinski definition) is 4. The summed E-state index contributed by atoms with van der Waals surface area (Å²) in [4.78, 5) is 10.4. The largest absolute Gasteiger partial charge is 0.481 e. The third-order valence-corrected chi connectivity index (χ3v) is 3.02. The van der Waals surface area contributed by atoms with Crippen molar-refractivity contribution in [3.05, 3.63) is 0 Å². The molecule has 5 nitrogen and oxygen atoms in total. The van der Waals surface area contributed by atoms with Crippen LogP contribution in [0.5, 0.6) is 0 Å². The van der Waals surface area contributed by atoms with Crippen LogP contribution >= 0.6 is 0 Å². The Hall–Kier alpha value is -0.650. The molecule has 5 N–H and O–H groups in total. The average Bonchev–Trinajstić information content (AvgIpc) is 2.28. The molecule has 0 saturated carbocycles. The van der Waals surface area contributed by atoms with Crippen LogP contribution in [-0.4, -0.2) is 42.8 Å². The van der Waals surface area contributed by atoms with Gasteiger partial charge in [0.1, 0.15) is 0 Å². The fourth-order valence-electron chi connectivity index (χ4n) is 2.00.